The van der Waals surface area contributed by atoms with Crippen LogP contribution in [-0.2, 0) is 4.79 Å². The second-order valence-corrected chi connectivity index (χ2v) is 4.83. The maximum atomic E-state index is 12.3. The number of primary amides is 1. The minimum absolute atomic E-state index is 0.131. The zero-order valence-corrected chi connectivity index (χ0v) is 11.6. The van der Waals surface area contributed by atoms with Gasteiger partial charge < -0.3 is 15.4 Å². The second kappa shape index (κ2) is 6.78. The van der Waals surface area contributed by atoms with Crippen LogP contribution in [0.2, 0.25) is 0 Å². The number of para-hydroxylation sites is 1. The Bertz CT molecular complexity index is 458. The first-order valence-electron chi connectivity index (χ1n) is 6.17. The average molecular weight is 264 g/mol. The van der Waals surface area contributed by atoms with Crippen LogP contribution in [0.3, 0.4) is 0 Å². The quantitative estimate of drug-likeness (QED) is 0.841. The van der Waals surface area contributed by atoms with Crippen molar-refractivity contribution in [2.45, 2.75) is 13.8 Å². The zero-order valence-electron chi connectivity index (χ0n) is 11.6. The van der Waals surface area contributed by atoms with E-state index in [4.69, 9.17) is 10.5 Å². The number of benzene rings is 1. The molecule has 0 bridgehead atoms. The smallest absolute Gasteiger partial charge is 0.257 e. The number of rotatable bonds is 6. The highest BCUT2D eigenvalue weighted by molar-refractivity contribution is 5.96. The third kappa shape index (κ3) is 4.62. The molecular weight excluding hydrogens is 244 g/mol. The van der Waals surface area contributed by atoms with Crippen LogP contribution < -0.4 is 10.5 Å². The van der Waals surface area contributed by atoms with E-state index in [2.05, 4.69) is 0 Å². The highest BCUT2D eigenvalue weighted by atomic mass is 16.5. The van der Waals surface area contributed by atoms with Crippen LogP contribution in [0.5, 0.6) is 5.75 Å². The van der Waals surface area contributed by atoms with Crippen molar-refractivity contribution in [3.05, 3.63) is 29.8 Å². The topological polar surface area (TPSA) is 72.6 Å². The van der Waals surface area contributed by atoms with E-state index < -0.39 is 5.91 Å². The first kappa shape index (κ1) is 15.0. The van der Waals surface area contributed by atoms with Gasteiger partial charge in [-0.3, -0.25) is 9.59 Å². The molecule has 5 nitrogen and oxygen atoms in total. The molecule has 0 heterocycles. The lowest BCUT2D eigenvalue weighted by Gasteiger charge is -2.20. The fraction of sp³-hybridized carbons (Fsp3) is 0.429. The second-order valence-electron chi connectivity index (χ2n) is 4.83. The van der Waals surface area contributed by atoms with Gasteiger partial charge in [-0.05, 0) is 18.1 Å². The van der Waals surface area contributed by atoms with Crippen LogP contribution in [0.4, 0.5) is 0 Å². The molecule has 2 amide bonds. The van der Waals surface area contributed by atoms with Gasteiger partial charge >= 0.3 is 0 Å². The van der Waals surface area contributed by atoms with Crippen LogP contribution in [0, 0.1) is 5.92 Å². The summed E-state index contributed by atoms with van der Waals surface area (Å²) >= 11 is 0. The van der Waals surface area contributed by atoms with E-state index >= 15 is 0 Å². The Balaban J connectivity index is 2.86. The van der Waals surface area contributed by atoms with Gasteiger partial charge in [-0.1, -0.05) is 26.0 Å². The Morgan fingerprint density at radius 3 is 2.53 bits per heavy atom. The van der Waals surface area contributed by atoms with Gasteiger partial charge in [0.1, 0.15) is 5.75 Å². The van der Waals surface area contributed by atoms with Crippen molar-refractivity contribution in [1.29, 1.82) is 0 Å². The number of ether oxygens (including phenoxy) is 1. The lowest BCUT2D eigenvalue weighted by molar-refractivity contribution is -0.119. The molecule has 2 N–H and O–H groups in total. The molecule has 1 aromatic carbocycles. The Morgan fingerprint density at radius 1 is 1.32 bits per heavy atom. The summed E-state index contributed by atoms with van der Waals surface area (Å²) in [5.41, 5.74) is 5.47. The molecule has 0 aromatic heterocycles. The van der Waals surface area contributed by atoms with Crippen molar-refractivity contribution in [2.24, 2.45) is 11.7 Å². The standard InChI is InChI=1S/C14H20N2O3/c1-10(2)8-16(3)14(18)11-6-4-5-7-12(11)19-9-13(15)17/h4-7,10H,8-9H2,1-3H3,(H2,15,17). The van der Waals surface area contributed by atoms with Crippen LogP contribution >= 0.6 is 0 Å². The molecule has 0 aliphatic rings. The van der Waals surface area contributed by atoms with Crippen molar-refractivity contribution < 1.29 is 14.3 Å². The highest BCUT2D eigenvalue weighted by Crippen LogP contribution is 2.19. The monoisotopic (exact) mass is 264 g/mol. The average Bonchev–Trinajstić information content (AvgIpc) is 2.35. The Morgan fingerprint density at radius 2 is 1.95 bits per heavy atom. The van der Waals surface area contributed by atoms with Gasteiger partial charge in [-0.15, -0.1) is 0 Å². The van der Waals surface area contributed by atoms with Crippen molar-refractivity contribution in [3.8, 4) is 5.75 Å². The largest absolute Gasteiger partial charge is 0.483 e. The summed E-state index contributed by atoms with van der Waals surface area (Å²) in [5, 5.41) is 0. The fourth-order valence-corrected chi connectivity index (χ4v) is 1.75. The molecule has 0 unspecified atom stereocenters. The minimum Gasteiger partial charge on any atom is -0.483 e. The maximum absolute atomic E-state index is 12.3. The number of hydrogen-bond acceptors (Lipinski definition) is 3. The van der Waals surface area contributed by atoms with Gasteiger partial charge in [0.25, 0.3) is 11.8 Å². The normalized spacial score (nSPS) is 10.3. The van der Waals surface area contributed by atoms with Crippen LogP contribution in [0.25, 0.3) is 0 Å². The molecule has 0 aliphatic carbocycles. The zero-order chi connectivity index (χ0) is 14.4. The van der Waals surface area contributed by atoms with Gasteiger partial charge in [0.15, 0.2) is 6.61 Å². The number of hydrogen-bond donors (Lipinski definition) is 1. The van der Waals surface area contributed by atoms with E-state index in [1.807, 2.05) is 13.8 Å². The minimum atomic E-state index is -0.571. The molecule has 5 heteroatoms. The summed E-state index contributed by atoms with van der Waals surface area (Å²) in [7, 11) is 1.74. The van der Waals surface area contributed by atoms with E-state index in [1.54, 1.807) is 36.2 Å². The summed E-state index contributed by atoms with van der Waals surface area (Å²) in [6, 6.07) is 6.83. The van der Waals surface area contributed by atoms with E-state index in [9.17, 15) is 9.59 Å². The summed E-state index contributed by atoms with van der Waals surface area (Å²) in [6.45, 7) is 4.50. The number of nitrogens with two attached hydrogens (primary N) is 1. The highest BCUT2D eigenvalue weighted by Gasteiger charge is 2.17. The number of amides is 2. The third-order valence-electron chi connectivity index (χ3n) is 2.47. The van der Waals surface area contributed by atoms with Gasteiger partial charge in [0.2, 0.25) is 0 Å². The Labute approximate surface area is 113 Å². The fourth-order valence-electron chi connectivity index (χ4n) is 1.75. The lowest BCUT2D eigenvalue weighted by Crippen LogP contribution is -2.31. The molecule has 19 heavy (non-hydrogen) atoms. The van der Waals surface area contributed by atoms with Crippen molar-refractivity contribution >= 4 is 11.8 Å². The number of carbonyl (C=O) groups is 2. The van der Waals surface area contributed by atoms with Crippen molar-refractivity contribution in [2.75, 3.05) is 20.2 Å². The van der Waals surface area contributed by atoms with Gasteiger partial charge in [0.05, 0.1) is 5.56 Å². The third-order valence-corrected chi connectivity index (χ3v) is 2.47. The first-order chi connectivity index (χ1) is 8.91. The molecule has 0 fully saturated rings. The SMILES string of the molecule is CC(C)CN(C)C(=O)c1ccccc1OCC(N)=O. The van der Waals surface area contributed by atoms with E-state index in [1.165, 1.54) is 0 Å². The lowest BCUT2D eigenvalue weighted by atomic mass is 10.1. The molecule has 0 saturated heterocycles. The Hall–Kier alpha value is -2.04. The van der Waals surface area contributed by atoms with E-state index in [0.29, 0.717) is 23.8 Å². The number of carbonyl (C=O) groups excluding carboxylic acids is 2. The Kier molecular flexibility index (Phi) is 5.36. The molecule has 0 radical (unpaired) electrons. The molecule has 0 aliphatic heterocycles. The summed E-state index contributed by atoms with van der Waals surface area (Å²) in [4.78, 5) is 24.6. The summed E-state index contributed by atoms with van der Waals surface area (Å²) in [6.07, 6.45) is 0. The van der Waals surface area contributed by atoms with Crippen molar-refractivity contribution in [1.82, 2.24) is 4.90 Å². The van der Waals surface area contributed by atoms with Gasteiger partial charge in [0, 0.05) is 13.6 Å². The van der Waals surface area contributed by atoms with Crippen molar-refractivity contribution in [3.63, 3.8) is 0 Å². The van der Waals surface area contributed by atoms with Crippen LogP contribution in [0.1, 0.15) is 24.2 Å². The molecule has 1 rings (SSSR count). The maximum Gasteiger partial charge on any atom is 0.257 e. The molecule has 0 spiro atoms. The molecular formula is C14H20N2O3. The molecule has 104 valence electrons. The van der Waals surface area contributed by atoms with Gasteiger partial charge in [-0.2, -0.15) is 0 Å². The molecule has 0 saturated carbocycles. The van der Waals surface area contributed by atoms with Crippen LogP contribution in [-0.4, -0.2) is 36.9 Å². The van der Waals surface area contributed by atoms with E-state index in [-0.39, 0.29) is 12.5 Å². The molecule has 1 aromatic rings. The summed E-state index contributed by atoms with van der Waals surface area (Å²) in [5.74, 6) is 0.0566. The molecule has 0 atom stereocenters. The van der Waals surface area contributed by atoms with Gasteiger partial charge in [-0.25, -0.2) is 0 Å². The first-order valence-corrected chi connectivity index (χ1v) is 6.17. The number of nitrogens with zero attached hydrogens (tertiary/aromatic N) is 1. The summed E-state index contributed by atoms with van der Waals surface area (Å²) < 4.78 is 5.25. The predicted octanol–water partition coefficient (Wildman–Crippen LogP) is 1.28. The van der Waals surface area contributed by atoms with E-state index in [0.717, 1.165) is 0 Å². The van der Waals surface area contributed by atoms with Crippen LogP contribution in [0.15, 0.2) is 24.3 Å². The predicted molar refractivity (Wildman–Crippen MR) is 72.9 cm³/mol.